The van der Waals surface area contributed by atoms with E-state index in [4.69, 9.17) is 17.2 Å². The number of carbonyl (C=O) groups is 11. The summed E-state index contributed by atoms with van der Waals surface area (Å²) >= 11 is 0. The van der Waals surface area contributed by atoms with Crippen molar-refractivity contribution in [3.63, 3.8) is 0 Å². The van der Waals surface area contributed by atoms with Crippen LogP contribution in [0.3, 0.4) is 0 Å². The smallest absolute Gasteiger partial charge is 0.245 e. The Labute approximate surface area is 411 Å². The van der Waals surface area contributed by atoms with E-state index < -0.39 is 145 Å². The molecule has 24 nitrogen and oxygen atoms in total. The largest absolute Gasteiger partial charge is 0.394 e. The maximum absolute atomic E-state index is 14.2. The summed E-state index contributed by atoms with van der Waals surface area (Å²) in [5, 5.41) is 30.7. The molecule has 398 valence electrons. The van der Waals surface area contributed by atoms with Gasteiger partial charge in [0.15, 0.2) is 0 Å². The van der Waals surface area contributed by atoms with Crippen LogP contribution in [0.4, 0.5) is 0 Å². The maximum atomic E-state index is 14.2. The normalized spacial score (nSPS) is 17.7. The lowest BCUT2D eigenvalue weighted by atomic mass is 9.94. The summed E-state index contributed by atoms with van der Waals surface area (Å²) in [6.07, 6.45) is 2.77. The molecule has 15 N–H and O–H groups in total. The molecule has 1 aliphatic heterocycles. The van der Waals surface area contributed by atoms with Gasteiger partial charge in [-0.2, -0.15) is 0 Å². The Balaban J connectivity index is 3.30. The van der Waals surface area contributed by atoms with Gasteiger partial charge in [0.25, 0.3) is 0 Å². The summed E-state index contributed by atoms with van der Waals surface area (Å²) in [6, 6.07) is -9.86. The molecule has 11 atom stereocenters. The van der Waals surface area contributed by atoms with E-state index in [1.165, 1.54) is 11.8 Å². The van der Waals surface area contributed by atoms with Gasteiger partial charge in [0.1, 0.15) is 48.3 Å². The number of hydrogen-bond donors (Lipinski definition) is 12. The fourth-order valence-electron chi connectivity index (χ4n) is 7.65. The minimum atomic E-state index is -1.69. The summed E-state index contributed by atoms with van der Waals surface area (Å²) in [5.74, 6) is -10.1. The van der Waals surface area contributed by atoms with Crippen molar-refractivity contribution in [3.8, 4) is 0 Å². The van der Waals surface area contributed by atoms with E-state index >= 15 is 0 Å². The van der Waals surface area contributed by atoms with Gasteiger partial charge < -0.3 is 69.7 Å². The first-order valence-corrected chi connectivity index (χ1v) is 24.4. The molecular formula is C46H82N12O12. The number of rotatable bonds is 32. The van der Waals surface area contributed by atoms with Crippen LogP contribution in [0.2, 0.25) is 0 Å². The lowest BCUT2D eigenvalue weighted by molar-refractivity contribution is -0.139. The van der Waals surface area contributed by atoms with E-state index in [0.717, 1.165) is 0 Å². The summed E-state index contributed by atoms with van der Waals surface area (Å²) < 4.78 is 0. The van der Waals surface area contributed by atoms with Crippen LogP contribution in [0.25, 0.3) is 0 Å². The second kappa shape index (κ2) is 31.3. The van der Waals surface area contributed by atoms with Crippen molar-refractivity contribution in [2.75, 3.05) is 26.2 Å². The van der Waals surface area contributed by atoms with Crippen LogP contribution >= 0.6 is 0 Å². The minimum Gasteiger partial charge on any atom is -0.394 e. The zero-order valence-electron chi connectivity index (χ0n) is 42.4. The number of hydrogen-bond acceptors (Lipinski definition) is 13. The van der Waals surface area contributed by atoms with Crippen LogP contribution < -0.4 is 59.7 Å². The van der Waals surface area contributed by atoms with Gasteiger partial charge in [-0.05, 0) is 68.7 Å². The van der Waals surface area contributed by atoms with Crippen molar-refractivity contribution in [1.29, 1.82) is 0 Å². The highest BCUT2D eigenvalue weighted by Gasteiger charge is 2.38. The third-order valence-electron chi connectivity index (χ3n) is 12.8. The molecule has 0 spiro atoms. The molecule has 0 aliphatic carbocycles. The predicted octanol–water partition coefficient (Wildman–Crippen LogP) is -2.83. The number of carbonyl (C=O) groups excluding carboxylic acids is 11. The molecule has 0 unspecified atom stereocenters. The van der Waals surface area contributed by atoms with E-state index in [0.29, 0.717) is 58.0 Å². The Bertz CT molecular complexity index is 1820. The van der Waals surface area contributed by atoms with Gasteiger partial charge in [-0.15, -0.1) is 0 Å². The van der Waals surface area contributed by atoms with E-state index in [2.05, 4.69) is 42.5 Å². The standard InChI is InChI=1S/C46H82N12O12/c1-10-25(6)36(39(49)63)54-34(62)22-50-44(68)35(24(4)5)55-42(66)31(23-59)53-40(64)30(18-19-33(48)61)52-45(69)37(26(7)11-2)57-46(70)38(27(8)12-3)56-41(65)29(16-13-14-20-47)51-43(67)32-17-15-21-58(32)28(9)60/h24-27,29-32,35-38,59H,10-23,47H2,1-9H3,(H2,48,61)(H2,49,63)(H,50,68)(H,51,67)(H,52,69)(H,53,64)(H,54,62)(H,55,66)(H,56,65)(H,57,70)/t25-,26-,27-,29-,30-,31-,32-,35-,36-,37-,38-/m0/s1. The third-order valence-corrected chi connectivity index (χ3v) is 12.8. The van der Waals surface area contributed by atoms with Crippen LogP contribution in [0, 0.1) is 23.7 Å². The predicted molar refractivity (Wildman–Crippen MR) is 258 cm³/mol. The fourth-order valence-corrected chi connectivity index (χ4v) is 7.65. The Kier molecular flexibility index (Phi) is 27.8. The third kappa shape index (κ3) is 20.2. The monoisotopic (exact) mass is 995 g/mol. The molecule has 0 aromatic rings. The maximum Gasteiger partial charge on any atom is 0.245 e. The number of nitrogens with zero attached hydrogens (tertiary/aromatic N) is 1. The average Bonchev–Trinajstić information content (AvgIpc) is 3.82. The highest BCUT2D eigenvalue weighted by atomic mass is 16.3. The lowest BCUT2D eigenvalue weighted by Crippen LogP contribution is -2.62. The van der Waals surface area contributed by atoms with Gasteiger partial charge in [-0.3, -0.25) is 52.7 Å². The fraction of sp³-hybridized carbons (Fsp3) is 0.761. The van der Waals surface area contributed by atoms with Gasteiger partial charge in [0.05, 0.1) is 13.2 Å². The molecule has 1 saturated heterocycles. The van der Waals surface area contributed by atoms with Crippen molar-refractivity contribution >= 4 is 65.0 Å². The molecule has 0 aromatic carbocycles. The molecule has 1 aliphatic rings. The van der Waals surface area contributed by atoms with Crippen molar-refractivity contribution in [3.05, 3.63) is 0 Å². The first-order valence-electron chi connectivity index (χ1n) is 24.4. The molecule has 0 saturated carbocycles. The number of aliphatic hydroxyl groups is 1. The van der Waals surface area contributed by atoms with Gasteiger partial charge in [0.2, 0.25) is 65.0 Å². The van der Waals surface area contributed by atoms with Crippen LogP contribution in [0.15, 0.2) is 0 Å². The highest BCUT2D eigenvalue weighted by molar-refractivity contribution is 5.98. The van der Waals surface area contributed by atoms with E-state index in [-0.39, 0.29) is 24.7 Å². The zero-order valence-corrected chi connectivity index (χ0v) is 42.4. The molecule has 1 fully saturated rings. The van der Waals surface area contributed by atoms with E-state index in [1.54, 1.807) is 48.5 Å². The highest BCUT2D eigenvalue weighted by Crippen LogP contribution is 2.19. The number of primary amides is 2. The first kappa shape index (κ1) is 62.1. The SMILES string of the molecule is CC[C@H](C)[C@H](NC(=O)CNC(=O)[C@@H](NC(=O)[C@H](CO)NC(=O)[C@H](CCC(N)=O)NC(=O)[C@@H](NC(=O)[C@@H](NC(=O)[C@H](CCCCN)NC(=O)[C@@H]1CCCN1C(C)=O)[C@@H](C)CC)[C@@H](C)CC)C(C)C)C(N)=O. The van der Waals surface area contributed by atoms with Crippen LogP contribution in [0.1, 0.15) is 127 Å². The first-order chi connectivity index (χ1) is 32.9. The summed E-state index contributed by atoms with van der Waals surface area (Å²) in [5.41, 5.74) is 16.5. The van der Waals surface area contributed by atoms with Gasteiger partial charge in [-0.25, -0.2) is 0 Å². The molecule has 0 bridgehead atoms. The Hall–Kier alpha value is -5.91. The van der Waals surface area contributed by atoms with Gasteiger partial charge in [-0.1, -0.05) is 74.7 Å². The number of nitrogens with one attached hydrogen (secondary N) is 8. The molecule has 11 amide bonds. The number of amides is 11. The van der Waals surface area contributed by atoms with E-state index in [9.17, 15) is 57.8 Å². The van der Waals surface area contributed by atoms with Crippen LogP contribution in [0.5, 0.6) is 0 Å². The Morgan fingerprint density at radius 2 is 1.09 bits per heavy atom. The topological polar surface area (TPSA) is 386 Å². The number of aliphatic hydroxyl groups excluding tert-OH is 1. The molecular weight excluding hydrogens is 913 g/mol. The molecule has 0 aromatic heterocycles. The Morgan fingerprint density at radius 3 is 1.59 bits per heavy atom. The summed E-state index contributed by atoms with van der Waals surface area (Å²) in [4.78, 5) is 146. The van der Waals surface area contributed by atoms with Crippen LogP contribution in [-0.2, 0) is 52.7 Å². The van der Waals surface area contributed by atoms with E-state index in [1.807, 2.05) is 6.92 Å². The van der Waals surface area contributed by atoms with Crippen molar-refractivity contribution in [2.45, 2.75) is 175 Å². The minimum absolute atomic E-state index is 0.190. The number of likely N-dealkylation sites (tertiary alicyclic amines) is 1. The average molecular weight is 995 g/mol. The second-order valence-electron chi connectivity index (χ2n) is 18.6. The molecule has 24 heteroatoms. The summed E-state index contributed by atoms with van der Waals surface area (Å²) in [7, 11) is 0. The second-order valence-corrected chi connectivity index (χ2v) is 18.6. The van der Waals surface area contributed by atoms with Crippen molar-refractivity contribution in [1.82, 2.24) is 47.4 Å². The lowest BCUT2D eigenvalue weighted by Gasteiger charge is -2.31. The van der Waals surface area contributed by atoms with Gasteiger partial charge >= 0.3 is 0 Å². The molecule has 1 rings (SSSR count). The number of unbranched alkanes of at least 4 members (excludes halogenated alkanes) is 1. The molecule has 70 heavy (non-hydrogen) atoms. The summed E-state index contributed by atoms with van der Waals surface area (Å²) in [6.45, 7) is 14.2. The van der Waals surface area contributed by atoms with Gasteiger partial charge in [0, 0.05) is 19.9 Å². The Morgan fingerprint density at radius 1 is 0.600 bits per heavy atom. The molecule has 0 radical (unpaired) electrons. The van der Waals surface area contributed by atoms with Crippen LogP contribution in [-0.4, -0.2) is 150 Å². The zero-order chi connectivity index (χ0) is 53.4. The molecule has 1 heterocycles. The van der Waals surface area contributed by atoms with Crippen molar-refractivity contribution in [2.24, 2.45) is 40.9 Å². The number of nitrogens with two attached hydrogens (primary N) is 3. The quantitative estimate of drug-likeness (QED) is 0.0303. The van der Waals surface area contributed by atoms with Crippen molar-refractivity contribution < 1.29 is 57.8 Å².